The molecule has 1 aromatic carbocycles. The van der Waals surface area contributed by atoms with Gasteiger partial charge in [-0.05, 0) is 31.9 Å². The Hall–Kier alpha value is -1.51. The maximum atomic E-state index is 12.9. The summed E-state index contributed by atoms with van der Waals surface area (Å²) in [4.78, 5) is 23.2. The van der Waals surface area contributed by atoms with Gasteiger partial charge in [0.15, 0.2) is 5.78 Å². The van der Waals surface area contributed by atoms with Gasteiger partial charge in [-0.15, -0.1) is 0 Å². The zero-order chi connectivity index (χ0) is 11.1. The van der Waals surface area contributed by atoms with Crippen molar-refractivity contribution in [3.63, 3.8) is 0 Å². The predicted molar refractivity (Wildman–Crippen MR) is 53.1 cm³/mol. The van der Waals surface area contributed by atoms with E-state index in [0.717, 1.165) is 0 Å². The van der Waals surface area contributed by atoms with Crippen LogP contribution in [0.2, 0.25) is 0 Å². The zero-order valence-electron chi connectivity index (χ0n) is 8.42. The number of benzene rings is 1. The Morgan fingerprint density at radius 2 is 2.00 bits per heavy atom. The third-order valence-corrected chi connectivity index (χ3v) is 2.95. The monoisotopic (exact) mass is 206 g/mol. The van der Waals surface area contributed by atoms with Crippen LogP contribution in [0, 0.1) is 11.2 Å². The van der Waals surface area contributed by atoms with Gasteiger partial charge in [-0.25, -0.2) is 4.39 Å². The largest absolute Gasteiger partial charge is 0.299 e. The van der Waals surface area contributed by atoms with Crippen LogP contribution in [0.5, 0.6) is 0 Å². The number of halogens is 1. The van der Waals surface area contributed by atoms with E-state index in [1.54, 1.807) is 6.07 Å². The van der Waals surface area contributed by atoms with E-state index < -0.39 is 11.2 Å². The lowest BCUT2D eigenvalue weighted by Crippen LogP contribution is -2.23. The van der Waals surface area contributed by atoms with Gasteiger partial charge < -0.3 is 0 Å². The van der Waals surface area contributed by atoms with Crippen molar-refractivity contribution in [1.82, 2.24) is 0 Å². The lowest BCUT2D eigenvalue weighted by Gasteiger charge is -2.09. The molecule has 0 amide bonds. The van der Waals surface area contributed by atoms with E-state index in [0.29, 0.717) is 18.4 Å². The van der Waals surface area contributed by atoms with Crippen molar-refractivity contribution >= 4 is 11.6 Å². The summed E-state index contributed by atoms with van der Waals surface area (Å²) < 4.78 is 12.9. The van der Waals surface area contributed by atoms with E-state index in [1.807, 2.05) is 0 Å². The van der Waals surface area contributed by atoms with Crippen molar-refractivity contribution in [2.75, 3.05) is 0 Å². The molecule has 0 bridgehead atoms. The predicted octanol–water partition coefficient (Wildman–Crippen LogP) is 2.38. The highest BCUT2D eigenvalue weighted by Gasteiger charge is 2.53. The number of rotatable bonds is 3. The fourth-order valence-electron chi connectivity index (χ4n) is 1.77. The Labute approximate surface area is 87.1 Å². The first-order valence-corrected chi connectivity index (χ1v) is 4.88. The van der Waals surface area contributed by atoms with Gasteiger partial charge in [0.2, 0.25) is 0 Å². The van der Waals surface area contributed by atoms with Crippen LogP contribution in [0.1, 0.15) is 30.1 Å². The fourth-order valence-corrected chi connectivity index (χ4v) is 1.77. The van der Waals surface area contributed by atoms with Crippen LogP contribution in [-0.4, -0.2) is 11.6 Å². The van der Waals surface area contributed by atoms with E-state index in [4.69, 9.17) is 0 Å². The number of carbonyl (C=O) groups is 2. The Bertz CT molecular complexity index is 433. The molecule has 1 fully saturated rings. The second-order valence-electron chi connectivity index (χ2n) is 3.98. The molecule has 2 rings (SSSR count). The summed E-state index contributed by atoms with van der Waals surface area (Å²) in [7, 11) is 0. The lowest BCUT2D eigenvalue weighted by atomic mass is 9.91. The Kier molecular flexibility index (Phi) is 2.18. The molecule has 0 heterocycles. The van der Waals surface area contributed by atoms with Crippen molar-refractivity contribution in [2.45, 2.75) is 19.8 Å². The molecule has 1 aromatic rings. The molecule has 15 heavy (non-hydrogen) atoms. The maximum absolute atomic E-state index is 12.9. The number of hydrogen-bond acceptors (Lipinski definition) is 2. The summed E-state index contributed by atoms with van der Waals surface area (Å²) in [6.07, 6.45) is 1.19. The van der Waals surface area contributed by atoms with Gasteiger partial charge in [-0.1, -0.05) is 12.1 Å². The molecule has 0 aliphatic heterocycles. The SMILES string of the molecule is CC(=O)C1(C(=O)c2cccc(F)c2)CC1. The minimum Gasteiger partial charge on any atom is -0.299 e. The highest BCUT2D eigenvalue weighted by Crippen LogP contribution is 2.48. The molecular formula is C12H11FO2. The van der Waals surface area contributed by atoms with Crippen molar-refractivity contribution < 1.29 is 14.0 Å². The molecule has 0 atom stereocenters. The van der Waals surface area contributed by atoms with E-state index in [-0.39, 0.29) is 11.6 Å². The summed E-state index contributed by atoms with van der Waals surface area (Å²) in [5.41, 5.74) is -0.545. The Balaban J connectivity index is 2.33. The van der Waals surface area contributed by atoms with Gasteiger partial charge in [0, 0.05) is 5.56 Å². The molecule has 2 nitrogen and oxygen atoms in total. The standard InChI is InChI=1S/C12H11FO2/c1-8(14)12(5-6-12)11(15)9-3-2-4-10(13)7-9/h2-4,7H,5-6H2,1H3. The van der Waals surface area contributed by atoms with Gasteiger partial charge >= 0.3 is 0 Å². The van der Waals surface area contributed by atoms with Gasteiger partial charge in [0.05, 0.1) is 5.41 Å². The Morgan fingerprint density at radius 1 is 1.33 bits per heavy atom. The van der Waals surface area contributed by atoms with Crippen LogP contribution >= 0.6 is 0 Å². The number of carbonyl (C=O) groups excluding carboxylic acids is 2. The van der Waals surface area contributed by atoms with Crippen LogP contribution in [0.15, 0.2) is 24.3 Å². The van der Waals surface area contributed by atoms with E-state index in [2.05, 4.69) is 0 Å². The molecule has 0 radical (unpaired) electrons. The van der Waals surface area contributed by atoms with Gasteiger partial charge in [0.25, 0.3) is 0 Å². The third-order valence-electron chi connectivity index (χ3n) is 2.95. The van der Waals surface area contributed by atoms with Crippen LogP contribution < -0.4 is 0 Å². The van der Waals surface area contributed by atoms with Gasteiger partial charge in [-0.3, -0.25) is 9.59 Å². The van der Waals surface area contributed by atoms with E-state index in [1.165, 1.54) is 25.1 Å². The van der Waals surface area contributed by atoms with Crippen molar-refractivity contribution in [2.24, 2.45) is 5.41 Å². The summed E-state index contributed by atoms with van der Waals surface area (Å²) in [5, 5.41) is 0. The van der Waals surface area contributed by atoms with Gasteiger partial charge in [0.1, 0.15) is 11.6 Å². The molecule has 0 N–H and O–H groups in total. The number of Topliss-reactive ketones (excluding diaryl/α,β-unsaturated/α-hetero) is 2. The average molecular weight is 206 g/mol. The molecule has 0 spiro atoms. The lowest BCUT2D eigenvalue weighted by molar-refractivity contribution is -0.120. The molecule has 1 saturated carbocycles. The first-order chi connectivity index (χ1) is 7.06. The van der Waals surface area contributed by atoms with Crippen molar-refractivity contribution in [1.29, 1.82) is 0 Å². The fraction of sp³-hybridized carbons (Fsp3) is 0.333. The quantitative estimate of drug-likeness (QED) is 0.562. The summed E-state index contributed by atoms with van der Waals surface area (Å²) in [6, 6.07) is 5.50. The minimum atomic E-state index is -0.839. The zero-order valence-corrected chi connectivity index (χ0v) is 8.42. The molecular weight excluding hydrogens is 195 g/mol. The summed E-state index contributed by atoms with van der Waals surface area (Å²) >= 11 is 0. The van der Waals surface area contributed by atoms with E-state index >= 15 is 0 Å². The highest BCUT2D eigenvalue weighted by atomic mass is 19.1. The van der Waals surface area contributed by atoms with Gasteiger partial charge in [-0.2, -0.15) is 0 Å². The molecule has 3 heteroatoms. The maximum Gasteiger partial charge on any atom is 0.176 e. The first kappa shape index (κ1) is 10.0. The third kappa shape index (κ3) is 1.58. The van der Waals surface area contributed by atoms with Crippen LogP contribution in [0.3, 0.4) is 0 Å². The summed E-state index contributed by atoms with van der Waals surface area (Å²) in [5.74, 6) is -0.800. The molecule has 78 valence electrons. The topological polar surface area (TPSA) is 34.1 Å². The number of hydrogen-bond donors (Lipinski definition) is 0. The minimum absolute atomic E-state index is 0.114. The first-order valence-electron chi connectivity index (χ1n) is 4.88. The average Bonchev–Trinajstić information content (AvgIpc) is 2.97. The highest BCUT2D eigenvalue weighted by molar-refractivity contribution is 6.16. The van der Waals surface area contributed by atoms with Crippen LogP contribution in [-0.2, 0) is 4.79 Å². The van der Waals surface area contributed by atoms with Crippen LogP contribution in [0.25, 0.3) is 0 Å². The molecule has 0 aromatic heterocycles. The molecule has 0 saturated heterocycles. The molecule has 1 aliphatic carbocycles. The van der Waals surface area contributed by atoms with E-state index in [9.17, 15) is 14.0 Å². The molecule has 0 unspecified atom stereocenters. The molecule has 1 aliphatic rings. The smallest absolute Gasteiger partial charge is 0.176 e. The number of ketones is 2. The summed E-state index contributed by atoms with van der Waals surface area (Å²) in [6.45, 7) is 1.42. The Morgan fingerprint density at radius 3 is 2.47 bits per heavy atom. The van der Waals surface area contributed by atoms with Crippen molar-refractivity contribution in [3.8, 4) is 0 Å². The van der Waals surface area contributed by atoms with Crippen LogP contribution in [0.4, 0.5) is 4.39 Å². The second kappa shape index (κ2) is 3.26. The normalized spacial score (nSPS) is 17.2. The van der Waals surface area contributed by atoms with Crippen molar-refractivity contribution in [3.05, 3.63) is 35.6 Å². The second-order valence-corrected chi connectivity index (χ2v) is 3.98.